The smallest absolute Gasteiger partial charge is 0.251 e. The van der Waals surface area contributed by atoms with Crippen LogP contribution in [0.4, 0.5) is 0 Å². The van der Waals surface area contributed by atoms with Gasteiger partial charge in [-0.15, -0.1) is 0 Å². The van der Waals surface area contributed by atoms with Crippen LogP contribution in [0.2, 0.25) is 0 Å². The standard InChI is InChI=1S/C16H15N3O2/c20-15(11-4-2-1-3-5-11)10-17-16(21)12-6-7-14-13(8-12)9-18-19-14/h1-9,15,20H,10H2,(H,17,21)(H,18,19)/t15-/m1/s1. The molecule has 21 heavy (non-hydrogen) atoms. The molecule has 0 saturated heterocycles. The molecule has 0 aliphatic rings. The summed E-state index contributed by atoms with van der Waals surface area (Å²) < 4.78 is 0. The predicted molar refractivity (Wildman–Crippen MR) is 79.8 cm³/mol. The molecule has 3 rings (SSSR count). The Morgan fingerprint density at radius 3 is 2.86 bits per heavy atom. The molecule has 3 aromatic rings. The van der Waals surface area contributed by atoms with Crippen molar-refractivity contribution >= 4 is 16.8 Å². The van der Waals surface area contributed by atoms with Gasteiger partial charge in [-0.1, -0.05) is 30.3 Å². The summed E-state index contributed by atoms with van der Waals surface area (Å²) in [5, 5.41) is 20.4. The van der Waals surface area contributed by atoms with Crippen LogP contribution in [0.1, 0.15) is 22.0 Å². The first-order valence-corrected chi connectivity index (χ1v) is 6.68. The van der Waals surface area contributed by atoms with Crippen LogP contribution in [0.25, 0.3) is 10.9 Å². The second-order valence-electron chi connectivity index (χ2n) is 4.81. The van der Waals surface area contributed by atoms with E-state index in [1.54, 1.807) is 18.3 Å². The molecule has 0 saturated carbocycles. The van der Waals surface area contributed by atoms with Crippen LogP contribution in [0.15, 0.2) is 54.7 Å². The number of aromatic amines is 1. The monoisotopic (exact) mass is 281 g/mol. The lowest BCUT2D eigenvalue weighted by atomic mass is 10.1. The lowest BCUT2D eigenvalue weighted by molar-refractivity contribution is 0.0916. The first kappa shape index (κ1) is 13.3. The molecular formula is C16H15N3O2. The number of aromatic nitrogens is 2. The van der Waals surface area contributed by atoms with Crippen LogP contribution < -0.4 is 5.32 Å². The molecule has 0 bridgehead atoms. The number of fused-ring (bicyclic) bond motifs is 1. The van der Waals surface area contributed by atoms with Gasteiger partial charge >= 0.3 is 0 Å². The third-order valence-corrected chi connectivity index (χ3v) is 3.34. The average Bonchev–Trinajstić information content (AvgIpc) is 3.00. The number of nitrogens with zero attached hydrogens (tertiary/aromatic N) is 1. The van der Waals surface area contributed by atoms with Gasteiger partial charge in [0.25, 0.3) is 5.91 Å². The van der Waals surface area contributed by atoms with Gasteiger partial charge < -0.3 is 10.4 Å². The highest BCUT2D eigenvalue weighted by Gasteiger charge is 2.11. The molecule has 1 amide bonds. The van der Waals surface area contributed by atoms with E-state index in [1.165, 1.54) is 0 Å². The molecule has 2 aromatic carbocycles. The minimum atomic E-state index is -0.715. The molecule has 0 unspecified atom stereocenters. The van der Waals surface area contributed by atoms with Crippen molar-refractivity contribution in [2.24, 2.45) is 0 Å². The predicted octanol–water partition coefficient (Wildman–Crippen LogP) is 2.03. The first-order valence-electron chi connectivity index (χ1n) is 6.68. The van der Waals surface area contributed by atoms with Gasteiger partial charge in [-0.3, -0.25) is 9.89 Å². The van der Waals surface area contributed by atoms with Gasteiger partial charge in [-0.2, -0.15) is 5.10 Å². The Balaban J connectivity index is 1.66. The normalized spacial score (nSPS) is 12.2. The number of hydrogen-bond donors (Lipinski definition) is 3. The van der Waals surface area contributed by atoms with E-state index in [-0.39, 0.29) is 12.5 Å². The molecule has 0 spiro atoms. The summed E-state index contributed by atoms with van der Waals surface area (Å²) in [7, 11) is 0. The Morgan fingerprint density at radius 1 is 1.24 bits per heavy atom. The minimum absolute atomic E-state index is 0.173. The molecule has 5 heteroatoms. The van der Waals surface area contributed by atoms with Gasteiger partial charge in [0, 0.05) is 17.5 Å². The molecule has 0 aliphatic heterocycles. The molecular weight excluding hydrogens is 266 g/mol. The fourth-order valence-corrected chi connectivity index (χ4v) is 2.17. The van der Waals surface area contributed by atoms with Crippen LogP contribution >= 0.6 is 0 Å². The third-order valence-electron chi connectivity index (χ3n) is 3.34. The quantitative estimate of drug-likeness (QED) is 0.684. The number of benzene rings is 2. The molecule has 5 nitrogen and oxygen atoms in total. The van der Waals surface area contributed by atoms with Crippen LogP contribution in [0, 0.1) is 0 Å². The van der Waals surface area contributed by atoms with Crippen molar-refractivity contribution in [3.63, 3.8) is 0 Å². The van der Waals surface area contributed by atoms with Crippen molar-refractivity contribution in [1.29, 1.82) is 0 Å². The number of H-pyrrole nitrogens is 1. The SMILES string of the molecule is O=C(NC[C@@H](O)c1ccccc1)c1ccc2[nH]ncc2c1. The van der Waals surface area contributed by atoms with Crippen molar-refractivity contribution in [2.45, 2.75) is 6.10 Å². The van der Waals surface area contributed by atoms with Gasteiger partial charge in [0.15, 0.2) is 0 Å². The summed E-state index contributed by atoms with van der Waals surface area (Å²) >= 11 is 0. The van der Waals surface area contributed by atoms with Crippen LogP contribution in [0.5, 0.6) is 0 Å². The zero-order chi connectivity index (χ0) is 14.7. The third kappa shape index (κ3) is 2.93. The highest BCUT2D eigenvalue weighted by atomic mass is 16.3. The maximum absolute atomic E-state index is 12.1. The van der Waals surface area contributed by atoms with Gasteiger partial charge in [0.1, 0.15) is 0 Å². The molecule has 106 valence electrons. The molecule has 1 aromatic heterocycles. The zero-order valence-electron chi connectivity index (χ0n) is 11.3. The maximum atomic E-state index is 12.1. The number of carbonyl (C=O) groups is 1. The van der Waals surface area contributed by atoms with Crippen molar-refractivity contribution in [2.75, 3.05) is 6.54 Å². The van der Waals surface area contributed by atoms with Gasteiger partial charge in [-0.25, -0.2) is 0 Å². The van der Waals surface area contributed by atoms with Gasteiger partial charge in [-0.05, 0) is 23.8 Å². The minimum Gasteiger partial charge on any atom is -0.387 e. The lowest BCUT2D eigenvalue weighted by Crippen LogP contribution is -2.28. The fourth-order valence-electron chi connectivity index (χ4n) is 2.17. The first-order chi connectivity index (χ1) is 10.2. The maximum Gasteiger partial charge on any atom is 0.251 e. The highest BCUT2D eigenvalue weighted by Crippen LogP contribution is 2.14. The fraction of sp³-hybridized carbons (Fsp3) is 0.125. The summed E-state index contributed by atoms with van der Waals surface area (Å²) in [5.41, 5.74) is 2.21. The number of carbonyl (C=O) groups excluding carboxylic acids is 1. The van der Waals surface area contributed by atoms with Crippen molar-refractivity contribution in [1.82, 2.24) is 15.5 Å². The Morgan fingerprint density at radius 2 is 2.05 bits per heavy atom. The Hall–Kier alpha value is -2.66. The van der Waals surface area contributed by atoms with E-state index in [0.717, 1.165) is 16.5 Å². The van der Waals surface area contributed by atoms with Crippen LogP contribution in [-0.2, 0) is 0 Å². The summed E-state index contributed by atoms with van der Waals surface area (Å²) in [5.74, 6) is -0.215. The largest absolute Gasteiger partial charge is 0.387 e. The van der Waals surface area contributed by atoms with Crippen LogP contribution in [0.3, 0.4) is 0 Å². The highest BCUT2D eigenvalue weighted by molar-refractivity contribution is 5.97. The van der Waals surface area contributed by atoms with E-state index in [9.17, 15) is 9.90 Å². The van der Waals surface area contributed by atoms with E-state index in [1.807, 2.05) is 36.4 Å². The van der Waals surface area contributed by atoms with Gasteiger partial charge in [0.2, 0.25) is 0 Å². The van der Waals surface area contributed by atoms with Crippen molar-refractivity contribution in [3.8, 4) is 0 Å². The number of amides is 1. The van der Waals surface area contributed by atoms with Gasteiger partial charge in [0.05, 0.1) is 17.8 Å². The number of hydrogen-bond acceptors (Lipinski definition) is 3. The second-order valence-corrected chi connectivity index (χ2v) is 4.81. The van der Waals surface area contributed by atoms with E-state index in [0.29, 0.717) is 5.56 Å². The summed E-state index contributed by atoms with van der Waals surface area (Å²) in [6.07, 6.45) is 0.957. The Labute approximate surface area is 121 Å². The molecule has 1 heterocycles. The summed E-state index contributed by atoms with van der Waals surface area (Å²) in [4.78, 5) is 12.1. The zero-order valence-corrected chi connectivity index (χ0v) is 11.3. The molecule has 0 aliphatic carbocycles. The second kappa shape index (κ2) is 5.76. The number of aliphatic hydroxyl groups excluding tert-OH is 1. The van der Waals surface area contributed by atoms with Crippen molar-refractivity contribution < 1.29 is 9.90 Å². The summed E-state index contributed by atoms with van der Waals surface area (Å²) in [6.45, 7) is 0.173. The number of rotatable bonds is 4. The molecule has 0 fully saturated rings. The van der Waals surface area contributed by atoms with E-state index in [4.69, 9.17) is 0 Å². The number of aliphatic hydroxyl groups is 1. The molecule has 1 atom stereocenters. The molecule has 0 radical (unpaired) electrons. The van der Waals surface area contributed by atoms with E-state index >= 15 is 0 Å². The van der Waals surface area contributed by atoms with E-state index < -0.39 is 6.10 Å². The topological polar surface area (TPSA) is 78.0 Å². The van der Waals surface area contributed by atoms with E-state index in [2.05, 4.69) is 15.5 Å². The Bertz CT molecular complexity index is 752. The van der Waals surface area contributed by atoms with Crippen molar-refractivity contribution in [3.05, 3.63) is 65.9 Å². The van der Waals surface area contributed by atoms with Crippen LogP contribution in [-0.4, -0.2) is 27.8 Å². The average molecular weight is 281 g/mol. The number of nitrogens with one attached hydrogen (secondary N) is 2. The summed E-state index contributed by atoms with van der Waals surface area (Å²) in [6, 6.07) is 14.6. The Kier molecular flexibility index (Phi) is 3.66. The molecule has 3 N–H and O–H groups in total. The lowest BCUT2D eigenvalue weighted by Gasteiger charge is -2.12.